The van der Waals surface area contributed by atoms with Gasteiger partial charge in [-0.3, -0.25) is 0 Å². The average Bonchev–Trinajstić information content (AvgIpc) is 2.51. The highest BCUT2D eigenvalue weighted by Crippen LogP contribution is 2.19. The van der Waals surface area contributed by atoms with E-state index in [2.05, 4.69) is 0 Å². The first-order valence-corrected chi connectivity index (χ1v) is 4.14. The van der Waals surface area contributed by atoms with E-state index in [0.29, 0.717) is 0 Å². The van der Waals surface area contributed by atoms with E-state index < -0.39 is 31.0 Å². The Morgan fingerprint density at radius 2 is 2.36 bits per heavy atom. The zero-order valence-electron chi connectivity index (χ0n) is 7.37. The van der Waals surface area contributed by atoms with Gasteiger partial charge in [0.05, 0.1) is 13.2 Å². The van der Waals surface area contributed by atoms with Crippen molar-refractivity contribution >= 4 is 5.94 Å². The van der Waals surface area contributed by atoms with E-state index in [4.69, 9.17) is 19.7 Å². The Bertz CT molecular complexity index is 224. The topological polar surface area (TPSA) is 96.2 Å². The summed E-state index contributed by atoms with van der Waals surface area (Å²) in [7, 11) is 0. The highest BCUT2D eigenvalue weighted by Gasteiger charge is 2.40. The molecule has 1 heterocycles. The third-order valence-corrected chi connectivity index (χ3v) is 2.03. The third kappa shape index (κ3) is 2.31. The summed E-state index contributed by atoms with van der Waals surface area (Å²) >= 11 is 0. The Morgan fingerprint density at radius 1 is 1.64 bits per heavy atom. The van der Waals surface area contributed by atoms with Crippen LogP contribution in [0.4, 0.5) is 0 Å². The lowest BCUT2D eigenvalue weighted by molar-refractivity contribution is -0.0730. The molecule has 1 saturated heterocycles. The maximum absolute atomic E-state index is 9.85. The van der Waals surface area contributed by atoms with Crippen molar-refractivity contribution in [1.82, 2.24) is 0 Å². The standard InChI is InChI=1S/C8H12O6/c9-1-2-13-6(3-10)8-7(12)5(11)4-14-8/h2,5-8,10-12H,3-4H2/t5-,6+,7+,8+/m0/s1. The second-order valence-electron chi connectivity index (χ2n) is 2.95. The zero-order chi connectivity index (χ0) is 10.6. The highest BCUT2D eigenvalue weighted by atomic mass is 16.6. The molecule has 0 unspecified atom stereocenters. The van der Waals surface area contributed by atoms with Crippen molar-refractivity contribution in [2.45, 2.75) is 24.4 Å². The van der Waals surface area contributed by atoms with Crippen molar-refractivity contribution in [3.8, 4) is 0 Å². The summed E-state index contributed by atoms with van der Waals surface area (Å²) in [5.74, 6) is 1.37. The molecule has 1 aliphatic rings. The van der Waals surface area contributed by atoms with Gasteiger partial charge in [-0.1, -0.05) is 0 Å². The van der Waals surface area contributed by atoms with Gasteiger partial charge in [0.2, 0.25) is 0 Å². The van der Waals surface area contributed by atoms with Gasteiger partial charge in [-0.2, -0.15) is 0 Å². The van der Waals surface area contributed by atoms with E-state index in [1.165, 1.54) is 5.94 Å². The summed E-state index contributed by atoms with van der Waals surface area (Å²) in [4.78, 5) is 9.85. The molecule has 14 heavy (non-hydrogen) atoms. The molecule has 0 radical (unpaired) electrons. The fourth-order valence-electron chi connectivity index (χ4n) is 1.29. The minimum Gasteiger partial charge on any atom is -0.481 e. The molecule has 0 aromatic carbocycles. The van der Waals surface area contributed by atoms with Gasteiger partial charge in [-0.15, -0.1) is 0 Å². The van der Waals surface area contributed by atoms with Crippen molar-refractivity contribution in [2.75, 3.05) is 13.2 Å². The summed E-state index contributed by atoms with van der Waals surface area (Å²) in [6, 6.07) is 0. The molecule has 0 aliphatic carbocycles. The molecule has 0 aromatic rings. The Morgan fingerprint density at radius 3 is 2.79 bits per heavy atom. The zero-order valence-corrected chi connectivity index (χ0v) is 7.37. The molecule has 0 saturated carbocycles. The van der Waals surface area contributed by atoms with E-state index >= 15 is 0 Å². The summed E-state index contributed by atoms with van der Waals surface area (Å²) in [6.07, 6.45) is -3.07. The minimum atomic E-state index is -1.12. The van der Waals surface area contributed by atoms with Crippen LogP contribution in [0.5, 0.6) is 0 Å². The largest absolute Gasteiger partial charge is 0.481 e. The van der Waals surface area contributed by atoms with Crippen LogP contribution < -0.4 is 0 Å². The van der Waals surface area contributed by atoms with Gasteiger partial charge in [0, 0.05) is 0 Å². The summed E-state index contributed by atoms with van der Waals surface area (Å²) in [5, 5.41) is 27.4. The lowest BCUT2D eigenvalue weighted by Gasteiger charge is -2.22. The van der Waals surface area contributed by atoms with Gasteiger partial charge in [-0.25, -0.2) is 4.79 Å². The quantitative estimate of drug-likeness (QED) is 0.356. The lowest BCUT2D eigenvalue weighted by atomic mass is 10.1. The maximum atomic E-state index is 9.85. The first-order chi connectivity index (χ1) is 6.70. The van der Waals surface area contributed by atoms with Crippen LogP contribution in [0.3, 0.4) is 0 Å². The number of aliphatic hydroxyl groups excluding tert-OH is 3. The SMILES string of the molecule is O=C=CO[C@H](CO)[C@H]1OC[C@H](O)[C@H]1O. The van der Waals surface area contributed by atoms with E-state index in [-0.39, 0.29) is 6.61 Å². The Balaban J connectivity index is 2.56. The van der Waals surface area contributed by atoms with Crippen molar-refractivity contribution < 1.29 is 29.6 Å². The minimum absolute atomic E-state index is 0.0174. The van der Waals surface area contributed by atoms with Gasteiger partial charge >= 0.3 is 0 Å². The molecule has 6 heteroatoms. The fourth-order valence-corrected chi connectivity index (χ4v) is 1.29. The monoisotopic (exact) mass is 204 g/mol. The summed E-state index contributed by atoms with van der Waals surface area (Å²) in [5.41, 5.74) is 0. The summed E-state index contributed by atoms with van der Waals surface area (Å²) < 4.78 is 9.74. The van der Waals surface area contributed by atoms with Crippen LogP contribution in [0.15, 0.2) is 6.26 Å². The Hall–Kier alpha value is -0.910. The number of rotatable bonds is 4. The van der Waals surface area contributed by atoms with Gasteiger partial charge in [0.1, 0.15) is 18.3 Å². The molecule has 0 amide bonds. The molecule has 80 valence electrons. The van der Waals surface area contributed by atoms with E-state index in [0.717, 1.165) is 6.26 Å². The second kappa shape index (κ2) is 5.09. The number of hydrogen-bond acceptors (Lipinski definition) is 6. The number of ether oxygens (including phenoxy) is 2. The fraction of sp³-hybridized carbons (Fsp3) is 0.750. The van der Waals surface area contributed by atoms with Crippen LogP contribution in [0.2, 0.25) is 0 Å². The van der Waals surface area contributed by atoms with Crippen molar-refractivity contribution in [3.05, 3.63) is 6.26 Å². The van der Waals surface area contributed by atoms with Crippen molar-refractivity contribution in [1.29, 1.82) is 0 Å². The molecule has 1 fully saturated rings. The Labute approximate surface area is 80.4 Å². The van der Waals surface area contributed by atoms with Crippen LogP contribution in [-0.4, -0.2) is 58.9 Å². The number of hydrogen-bond donors (Lipinski definition) is 3. The van der Waals surface area contributed by atoms with Gasteiger partial charge in [0.15, 0.2) is 18.3 Å². The predicted molar refractivity (Wildman–Crippen MR) is 44.0 cm³/mol. The van der Waals surface area contributed by atoms with Crippen LogP contribution in [0.1, 0.15) is 0 Å². The van der Waals surface area contributed by atoms with E-state index in [1.807, 2.05) is 0 Å². The van der Waals surface area contributed by atoms with Crippen LogP contribution >= 0.6 is 0 Å². The second-order valence-corrected chi connectivity index (χ2v) is 2.95. The smallest absolute Gasteiger partial charge is 0.167 e. The molecule has 6 nitrogen and oxygen atoms in total. The molecule has 1 aliphatic heterocycles. The molecule has 1 rings (SSSR count). The summed E-state index contributed by atoms with van der Waals surface area (Å²) in [6.45, 7) is -0.441. The van der Waals surface area contributed by atoms with Crippen molar-refractivity contribution in [2.24, 2.45) is 0 Å². The van der Waals surface area contributed by atoms with Crippen LogP contribution in [0, 0.1) is 0 Å². The third-order valence-electron chi connectivity index (χ3n) is 2.03. The Kier molecular flexibility index (Phi) is 4.06. The predicted octanol–water partition coefficient (Wildman–Crippen LogP) is -2.17. The van der Waals surface area contributed by atoms with E-state index in [1.54, 1.807) is 0 Å². The molecule has 3 N–H and O–H groups in total. The first-order valence-electron chi connectivity index (χ1n) is 4.14. The lowest BCUT2D eigenvalue weighted by Crippen LogP contribution is -2.41. The van der Waals surface area contributed by atoms with E-state index in [9.17, 15) is 9.90 Å². The number of carbonyl (C=O) groups excluding carboxylic acids is 1. The molecular formula is C8H12O6. The molecule has 0 spiro atoms. The average molecular weight is 204 g/mol. The normalized spacial score (nSPS) is 33.5. The van der Waals surface area contributed by atoms with Crippen LogP contribution in [-0.2, 0) is 14.3 Å². The molecule has 0 aromatic heterocycles. The molecular weight excluding hydrogens is 192 g/mol. The first kappa shape index (κ1) is 11.2. The van der Waals surface area contributed by atoms with Gasteiger partial charge in [-0.05, 0) is 0 Å². The molecule has 4 atom stereocenters. The highest BCUT2D eigenvalue weighted by molar-refractivity contribution is 5.42. The van der Waals surface area contributed by atoms with Crippen molar-refractivity contribution in [3.63, 3.8) is 0 Å². The van der Waals surface area contributed by atoms with Gasteiger partial charge in [0.25, 0.3) is 0 Å². The van der Waals surface area contributed by atoms with Crippen LogP contribution in [0.25, 0.3) is 0 Å². The number of aliphatic hydroxyl groups is 3. The molecule has 0 bridgehead atoms. The maximum Gasteiger partial charge on any atom is 0.167 e. The van der Waals surface area contributed by atoms with Gasteiger partial charge < -0.3 is 24.8 Å².